The molecule has 0 atom stereocenters. The lowest BCUT2D eigenvalue weighted by Gasteiger charge is -2.13. The summed E-state index contributed by atoms with van der Waals surface area (Å²) in [6.07, 6.45) is -2.73. The highest BCUT2D eigenvalue weighted by Gasteiger charge is 2.30. The molecule has 0 spiro atoms. The van der Waals surface area contributed by atoms with Crippen LogP contribution in [0, 0.1) is 0 Å². The van der Waals surface area contributed by atoms with Crippen molar-refractivity contribution in [3.05, 3.63) is 53.7 Å². The largest absolute Gasteiger partial charge is 0.416 e. The van der Waals surface area contributed by atoms with Crippen LogP contribution in [-0.2, 0) is 6.18 Å². The topological polar surface area (TPSA) is 12.9 Å². The number of pyridine rings is 1. The molecule has 4 heteroatoms. The Balaban J connectivity index is 2.54. The lowest BCUT2D eigenvalue weighted by atomic mass is 9.96. The highest BCUT2D eigenvalue weighted by atomic mass is 19.4. The van der Waals surface area contributed by atoms with Crippen LogP contribution in [0.3, 0.4) is 0 Å². The molecular weight excluding hydrogens is 251 g/mol. The molecule has 0 N–H and O–H groups in total. The lowest BCUT2D eigenvalue weighted by Crippen LogP contribution is -2.05. The number of hydrogen-bond donors (Lipinski definition) is 0. The van der Waals surface area contributed by atoms with Gasteiger partial charge in [-0.25, -0.2) is 0 Å². The van der Waals surface area contributed by atoms with E-state index in [-0.39, 0.29) is 5.92 Å². The van der Waals surface area contributed by atoms with Crippen LogP contribution >= 0.6 is 0 Å². The second-order valence-corrected chi connectivity index (χ2v) is 4.67. The van der Waals surface area contributed by atoms with Gasteiger partial charge in [0, 0.05) is 11.8 Å². The van der Waals surface area contributed by atoms with Crippen LogP contribution in [0.1, 0.15) is 30.9 Å². The number of hydrogen-bond acceptors (Lipinski definition) is 1. The van der Waals surface area contributed by atoms with Gasteiger partial charge in [-0.2, -0.15) is 13.2 Å². The molecule has 0 aliphatic carbocycles. The van der Waals surface area contributed by atoms with Crippen molar-refractivity contribution in [2.24, 2.45) is 0 Å². The molecule has 1 nitrogen and oxygen atoms in total. The molecular formula is C15H14F3N. The van der Waals surface area contributed by atoms with Crippen LogP contribution in [-0.4, -0.2) is 4.98 Å². The number of benzene rings is 1. The molecule has 0 radical (unpaired) electrons. The highest BCUT2D eigenvalue weighted by molar-refractivity contribution is 5.64. The zero-order chi connectivity index (χ0) is 14.0. The SMILES string of the molecule is CC(C)c1cccnc1-c1cccc(C(F)(F)F)c1. The molecule has 2 rings (SSSR count). The third-order valence-electron chi connectivity index (χ3n) is 2.92. The monoisotopic (exact) mass is 265 g/mol. The van der Waals surface area contributed by atoms with E-state index in [9.17, 15) is 13.2 Å². The first-order chi connectivity index (χ1) is 8.89. The number of nitrogens with zero attached hydrogens (tertiary/aromatic N) is 1. The summed E-state index contributed by atoms with van der Waals surface area (Å²) in [5, 5.41) is 0. The van der Waals surface area contributed by atoms with Crippen molar-refractivity contribution < 1.29 is 13.2 Å². The summed E-state index contributed by atoms with van der Waals surface area (Å²) in [5.74, 6) is 0.207. The van der Waals surface area contributed by atoms with Gasteiger partial charge in [-0.3, -0.25) is 4.98 Å². The second kappa shape index (κ2) is 5.03. The van der Waals surface area contributed by atoms with Crippen LogP contribution in [0.2, 0.25) is 0 Å². The Morgan fingerprint density at radius 1 is 1.05 bits per heavy atom. The fourth-order valence-corrected chi connectivity index (χ4v) is 1.97. The van der Waals surface area contributed by atoms with Crippen LogP contribution in [0.15, 0.2) is 42.6 Å². The van der Waals surface area contributed by atoms with E-state index in [4.69, 9.17) is 0 Å². The molecule has 2 aromatic rings. The Morgan fingerprint density at radius 3 is 2.42 bits per heavy atom. The summed E-state index contributed by atoms with van der Waals surface area (Å²) in [7, 11) is 0. The predicted molar refractivity (Wildman–Crippen MR) is 68.8 cm³/mol. The number of alkyl halides is 3. The third kappa shape index (κ3) is 2.95. The van der Waals surface area contributed by atoms with Gasteiger partial charge in [0.25, 0.3) is 0 Å². The van der Waals surface area contributed by atoms with E-state index >= 15 is 0 Å². The Labute approximate surface area is 110 Å². The van der Waals surface area contributed by atoms with Crippen molar-refractivity contribution in [2.45, 2.75) is 25.9 Å². The third-order valence-corrected chi connectivity index (χ3v) is 2.92. The molecule has 0 bridgehead atoms. The van der Waals surface area contributed by atoms with Crippen molar-refractivity contribution in [1.29, 1.82) is 0 Å². The van der Waals surface area contributed by atoms with Crippen molar-refractivity contribution >= 4 is 0 Å². The standard InChI is InChI=1S/C15H14F3N/c1-10(2)13-7-4-8-19-14(13)11-5-3-6-12(9-11)15(16,17)18/h3-10H,1-2H3. The van der Waals surface area contributed by atoms with Crippen LogP contribution in [0.4, 0.5) is 13.2 Å². The molecule has 0 aliphatic heterocycles. The van der Waals surface area contributed by atoms with E-state index in [1.807, 2.05) is 19.9 Å². The first-order valence-corrected chi connectivity index (χ1v) is 6.02. The summed E-state index contributed by atoms with van der Waals surface area (Å²) in [6, 6.07) is 8.98. The lowest BCUT2D eigenvalue weighted by molar-refractivity contribution is -0.137. The molecule has 0 aliphatic rings. The summed E-state index contributed by atoms with van der Waals surface area (Å²) >= 11 is 0. The molecule has 1 aromatic carbocycles. The van der Waals surface area contributed by atoms with Gasteiger partial charge in [0.2, 0.25) is 0 Å². The average molecular weight is 265 g/mol. The first-order valence-electron chi connectivity index (χ1n) is 6.02. The van der Waals surface area contributed by atoms with E-state index < -0.39 is 11.7 Å². The number of rotatable bonds is 2. The molecule has 0 saturated carbocycles. The van der Waals surface area contributed by atoms with E-state index in [0.29, 0.717) is 11.3 Å². The Bertz CT molecular complexity index is 574. The van der Waals surface area contributed by atoms with Crippen molar-refractivity contribution in [3.63, 3.8) is 0 Å². The van der Waals surface area contributed by atoms with E-state index in [1.54, 1.807) is 18.3 Å². The van der Waals surface area contributed by atoms with Crippen LogP contribution in [0.5, 0.6) is 0 Å². The summed E-state index contributed by atoms with van der Waals surface area (Å²) < 4.78 is 38.2. The maximum atomic E-state index is 12.7. The maximum absolute atomic E-state index is 12.7. The van der Waals surface area contributed by atoms with Gasteiger partial charge in [0.1, 0.15) is 0 Å². The molecule has 0 saturated heterocycles. The van der Waals surface area contributed by atoms with Crippen LogP contribution in [0.25, 0.3) is 11.3 Å². The predicted octanol–water partition coefficient (Wildman–Crippen LogP) is 4.89. The molecule has 0 unspecified atom stereocenters. The smallest absolute Gasteiger partial charge is 0.256 e. The maximum Gasteiger partial charge on any atom is 0.416 e. The van der Waals surface area contributed by atoms with Gasteiger partial charge in [-0.05, 0) is 29.7 Å². The van der Waals surface area contributed by atoms with Crippen molar-refractivity contribution in [2.75, 3.05) is 0 Å². The average Bonchev–Trinajstić information content (AvgIpc) is 2.38. The molecule has 1 heterocycles. The van der Waals surface area contributed by atoms with Gasteiger partial charge in [-0.1, -0.05) is 32.0 Å². The molecule has 0 fully saturated rings. The molecule has 1 aromatic heterocycles. The number of halogens is 3. The molecule has 0 amide bonds. The zero-order valence-electron chi connectivity index (χ0n) is 10.7. The normalized spacial score (nSPS) is 11.9. The Morgan fingerprint density at radius 2 is 1.79 bits per heavy atom. The minimum Gasteiger partial charge on any atom is -0.256 e. The minimum absolute atomic E-state index is 0.207. The van der Waals surface area contributed by atoms with Crippen molar-refractivity contribution in [3.8, 4) is 11.3 Å². The second-order valence-electron chi connectivity index (χ2n) is 4.67. The van der Waals surface area contributed by atoms with E-state index in [0.717, 1.165) is 17.7 Å². The zero-order valence-corrected chi connectivity index (χ0v) is 10.7. The quantitative estimate of drug-likeness (QED) is 0.753. The summed E-state index contributed by atoms with van der Waals surface area (Å²) in [6.45, 7) is 3.99. The number of aromatic nitrogens is 1. The van der Waals surface area contributed by atoms with Gasteiger partial charge in [0.05, 0.1) is 11.3 Å². The summed E-state index contributed by atoms with van der Waals surface area (Å²) in [4.78, 5) is 4.23. The Kier molecular flexibility index (Phi) is 3.60. The highest BCUT2D eigenvalue weighted by Crippen LogP contribution is 2.33. The van der Waals surface area contributed by atoms with Gasteiger partial charge in [0.15, 0.2) is 0 Å². The van der Waals surface area contributed by atoms with Crippen LogP contribution < -0.4 is 0 Å². The molecule has 100 valence electrons. The first kappa shape index (κ1) is 13.6. The minimum atomic E-state index is -4.33. The fourth-order valence-electron chi connectivity index (χ4n) is 1.97. The Hall–Kier alpha value is -1.84. The fraction of sp³-hybridized carbons (Fsp3) is 0.267. The molecule has 19 heavy (non-hydrogen) atoms. The van der Waals surface area contributed by atoms with E-state index in [1.165, 1.54) is 6.07 Å². The van der Waals surface area contributed by atoms with Gasteiger partial charge >= 0.3 is 6.18 Å². The van der Waals surface area contributed by atoms with Crippen molar-refractivity contribution in [1.82, 2.24) is 4.98 Å². The van der Waals surface area contributed by atoms with E-state index in [2.05, 4.69) is 4.98 Å². The van der Waals surface area contributed by atoms with Gasteiger partial charge in [-0.15, -0.1) is 0 Å². The van der Waals surface area contributed by atoms with Gasteiger partial charge < -0.3 is 0 Å². The summed E-state index contributed by atoms with van der Waals surface area (Å²) in [5.41, 5.74) is 1.41.